The first-order valence-corrected chi connectivity index (χ1v) is 4.71. The minimum absolute atomic E-state index is 0.447. The summed E-state index contributed by atoms with van der Waals surface area (Å²) in [4.78, 5) is 0. The number of hydrogen-bond donors (Lipinski definition) is 2. The van der Waals surface area contributed by atoms with Gasteiger partial charge in [0.2, 0.25) is 0 Å². The molecule has 0 fully saturated rings. The second kappa shape index (κ2) is 4.14. The summed E-state index contributed by atoms with van der Waals surface area (Å²) in [5.41, 5.74) is 0.891. The molecule has 0 saturated carbocycles. The Balaban J connectivity index is 2.93. The highest BCUT2D eigenvalue weighted by molar-refractivity contribution is 9.10. The van der Waals surface area contributed by atoms with Crippen molar-refractivity contribution in [1.29, 1.82) is 0 Å². The molecular weight excluding hydrogens is 224 g/mol. The van der Waals surface area contributed by atoms with Gasteiger partial charge in [0.25, 0.3) is 0 Å². The Morgan fingerprint density at radius 3 is 2.64 bits per heavy atom. The van der Waals surface area contributed by atoms with Crippen molar-refractivity contribution >= 4 is 28.6 Å². The third-order valence-corrected chi connectivity index (χ3v) is 2.51. The van der Waals surface area contributed by atoms with Gasteiger partial charge in [-0.15, -0.1) is 0 Å². The summed E-state index contributed by atoms with van der Waals surface area (Å²) in [5.74, 6) is 0.447. The van der Waals surface area contributed by atoms with Gasteiger partial charge < -0.3 is 5.11 Å². The first kappa shape index (κ1) is 9.10. The molecule has 0 aliphatic carbocycles. The van der Waals surface area contributed by atoms with E-state index in [1.807, 2.05) is 24.3 Å². The fourth-order valence-electron chi connectivity index (χ4n) is 0.844. The summed E-state index contributed by atoms with van der Waals surface area (Å²) in [6.45, 7) is 0. The molecule has 1 unspecified atom stereocenters. The predicted molar refractivity (Wildman–Crippen MR) is 53.0 cm³/mol. The van der Waals surface area contributed by atoms with Crippen molar-refractivity contribution in [2.45, 2.75) is 6.10 Å². The maximum Gasteiger partial charge on any atom is 0.0888 e. The van der Waals surface area contributed by atoms with Crippen LogP contribution in [0, 0.1) is 0 Å². The number of benzene rings is 1. The van der Waals surface area contributed by atoms with Gasteiger partial charge in [-0.2, -0.15) is 12.6 Å². The summed E-state index contributed by atoms with van der Waals surface area (Å²) in [6.07, 6.45) is -0.478. The molecule has 1 nitrogen and oxygen atoms in total. The van der Waals surface area contributed by atoms with E-state index < -0.39 is 6.10 Å². The van der Waals surface area contributed by atoms with E-state index in [0.717, 1.165) is 10.0 Å². The van der Waals surface area contributed by atoms with Crippen LogP contribution in [-0.4, -0.2) is 10.9 Å². The van der Waals surface area contributed by atoms with Crippen molar-refractivity contribution in [3.63, 3.8) is 0 Å². The predicted octanol–water partition coefficient (Wildman–Crippen LogP) is 2.41. The Morgan fingerprint density at radius 2 is 2.09 bits per heavy atom. The Kier molecular flexibility index (Phi) is 3.43. The minimum Gasteiger partial charge on any atom is -0.388 e. The third-order valence-electron chi connectivity index (χ3n) is 1.44. The van der Waals surface area contributed by atoms with Crippen LogP contribution in [0.25, 0.3) is 0 Å². The lowest BCUT2D eigenvalue weighted by molar-refractivity contribution is 0.204. The lowest BCUT2D eigenvalue weighted by Crippen LogP contribution is -1.98. The molecule has 0 spiro atoms. The Bertz CT molecular complexity index is 239. The smallest absolute Gasteiger partial charge is 0.0888 e. The summed E-state index contributed by atoms with van der Waals surface area (Å²) in [5, 5.41) is 9.40. The second-order valence-electron chi connectivity index (χ2n) is 2.22. The van der Waals surface area contributed by atoms with E-state index in [0.29, 0.717) is 5.75 Å². The largest absolute Gasteiger partial charge is 0.388 e. The quantitative estimate of drug-likeness (QED) is 0.751. The Morgan fingerprint density at radius 1 is 1.45 bits per heavy atom. The fourth-order valence-corrected chi connectivity index (χ4v) is 1.59. The van der Waals surface area contributed by atoms with Gasteiger partial charge in [-0.25, -0.2) is 0 Å². The average molecular weight is 233 g/mol. The van der Waals surface area contributed by atoms with Crippen LogP contribution < -0.4 is 0 Å². The van der Waals surface area contributed by atoms with E-state index in [4.69, 9.17) is 0 Å². The number of halogens is 1. The third kappa shape index (κ3) is 2.22. The molecule has 1 atom stereocenters. The first-order valence-electron chi connectivity index (χ1n) is 3.29. The zero-order valence-corrected chi connectivity index (χ0v) is 8.35. The van der Waals surface area contributed by atoms with Gasteiger partial charge >= 0.3 is 0 Å². The van der Waals surface area contributed by atoms with E-state index >= 15 is 0 Å². The molecule has 0 radical (unpaired) electrons. The topological polar surface area (TPSA) is 20.2 Å². The van der Waals surface area contributed by atoms with Crippen LogP contribution in [0.5, 0.6) is 0 Å². The van der Waals surface area contributed by atoms with Crippen molar-refractivity contribution in [1.82, 2.24) is 0 Å². The Hall–Kier alpha value is 0.01000. The SMILES string of the molecule is OC(CS)c1ccccc1Br. The van der Waals surface area contributed by atoms with Crippen LogP contribution in [0.4, 0.5) is 0 Å². The van der Waals surface area contributed by atoms with Gasteiger partial charge in [-0.3, -0.25) is 0 Å². The molecular formula is C8H9BrOS. The van der Waals surface area contributed by atoms with Gasteiger partial charge in [0.15, 0.2) is 0 Å². The van der Waals surface area contributed by atoms with E-state index in [-0.39, 0.29) is 0 Å². The molecule has 0 heterocycles. The number of thiol groups is 1. The van der Waals surface area contributed by atoms with Crippen LogP contribution in [0.15, 0.2) is 28.7 Å². The summed E-state index contributed by atoms with van der Waals surface area (Å²) < 4.78 is 0.932. The van der Waals surface area contributed by atoms with Crippen LogP contribution in [-0.2, 0) is 0 Å². The maximum atomic E-state index is 9.40. The molecule has 1 aromatic carbocycles. The van der Waals surface area contributed by atoms with Crippen LogP contribution in [0.2, 0.25) is 0 Å². The van der Waals surface area contributed by atoms with E-state index in [2.05, 4.69) is 28.6 Å². The van der Waals surface area contributed by atoms with Crippen molar-refractivity contribution in [2.75, 3.05) is 5.75 Å². The Labute approximate surface area is 80.0 Å². The molecule has 0 aliphatic heterocycles. The van der Waals surface area contributed by atoms with Crippen LogP contribution >= 0.6 is 28.6 Å². The second-order valence-corrected chi connectivity index (χ2v) is 3.44. The van der Waals surface area contributed by atoms with Crippen molar-refractivity contribution in [3.05, 3.63) is 34.3 Å². The lowest BCUT2D eigenvalue weighted by Gasteiger charge is -2.08. The molecule has 0 saturated heterocycles. The summed E-state index contributed by atoms with van der Waals surface area (Å²) in [6, 6.07) is 7.60. The molecule has 0 bridgehead atoms. The summed E-state index contributed by atoms with van der Waals surface area (Å²) in [7, 11) is 0. The molecule has 0 aliphatic rings. The van der Waals surface area contributed by atoms with Gasteiger partial charge in [0, 0.05) is 10.2 Å². The molecule has 60 valence electrons. The van der Waals surface area contributed by atoms with Gasteiger partial charge in [-0.05, 0) is 11.6 Å². The fraction of sp³-hybridized carbons (Fsp3) is 0.250. The number of rotatable bonds is 2. The van der Waals surface area contributed by atoms with E-state index in [1.165, 1.54) is 0 Å². The normalized spacial score (nSPS) is 13.0. The van der Waals surface area contributed by atoms with E-state index in [9.17, 15) is 5.11 Å². The van der Waals surface area contributed by atoms with Crippen LogP contribution in [0.1, 0.15) is 11.7 Å². The van der Waals surface area contributed by atoms with Crippen LogP contribution in [0.3, 0.4) is 0 Å². The van der Waals surface area contributed by atoms with Crippen molar-refractivity contribution in [3.8, 4) is 0 Å². The molecule has 11 heavy (non-hydrogen) atoms. The molecule has 1 rings (SSSR count). The summed E-state index contributed by atoms with van der Waals surface area (Å²) >= 11 is 7.35. The molecule has 1 N–H and O–H groups in total. The molecule has 0 aromatic heterocycles. The number of aliphatic hydroxyl groups excluding tert-OH is 1. The highest BCUT2D eigenvalue weighted by Gasteiger charge is 2.07. The highest BCUT2D eigenvalue weighted by Crippen LogP contribution is 2.23. The minimum atomic E-state index is -0.478. The van der Waals surface area contributed by atoms with Gasteiger partial charge in [-0.1, -0.05) is 34.1 Å². The lowest BCUT2D eigenvalue weighted by atomic mass is 10.1. The zero-order valence-electron chi connectivity index (χ0n) is 5.87. The standard InChI is InChI=1S/C8H9BrOS/c9-7-4-2-1-3-6(7)8(10)5-11/h1-4,8,10-11H,5H2. The van der Waals surface area contributed by atoms with Gasteiger partial charge in [0.05, 0.1) is 6.10 Å². The maximum absolute atomic E-state index is 9.40. The molecule has 1 aromatic rings. The van der Waals surface area contributed by atoms with Gasteiger partial charge in [0.1, 0.15) is 0 Å². The molecule has 3 heteroatoms. The monoisotopic (exact) mass is 232 g/mol. The first-order chi connectivity index (χ1) is 5.25. The zero-order chi connectivity index (χ0) is 8.27. The number of aliphatic hydroxyl groups is 1. The van der Waals surface area contributed by atoms with Crippen molar-refractivity contribution in [2.24, 2.45) is 0 Å². The van der Waals surface area contributed by atoms with E-state index in [1.54, 1.807) is 0 Å². The average Bonchev–Trinajstić information content (AvgIpc) is 2.04. The van der Waals surface area contributed by atoms with Crippen molar-refractivity contribution < 1.29 is 5.11 Å². The molecule has 0 amide bonds. The highest BCUT2D eigenvalue weighted by atomic mass is 79.9. The number of hydrogen-bond acceptors (Lipinski definition) is 2.